The van der Waals surface area contributed by atoms with Crippen LogP contribution in [0.25, 0.3) is 0 Å². The van der Waals surface area contributed by atoms with Crippen molar-refractivity contribution in [3.8, 4) is 5.75 Å². The molecule has 3 rings (SSSR count). The van der Waals surface area contributed by atoms with Crippen molar-refractivity contribution >= 4 is 17.2 Å². The van der Waals surface area contributed by atoms with Gasteiger partial charge in [0.2, 0.25) is 5.91 Å². The van der Waals surface area contributed by atoms with Crippen LogP contribution in [0.3, 0.4) is 0 Å². The third-order valence-electron chi connectivity index (χ3n) is 4.67. The zero-order valence-corrected chi connectivity index (χ0v) is 15.2. The number of benzene rings is 1. The molecule has 1 heterocycles. The largest absolute Gasteiger partial charge is 0.497 e. The van der Waals surface area contributed by atoms with E-state index >= 15 is 0 Å². The van der Waals surface area contributed by atoms with Gasteiger partial charge in [0.25, 0.3) is 0 Å². The molecule has 3 atom stereocenters. The van der Waals surface area contributed by atoms with Gasteiger partial charge in [-0.3, -0.25) is 4.79 Å². The number of thiophene rings is 1. The summed E-state index contributed by atoms with van der Waals surface area (Å²) in [6.45, 7) is 0.643. The highest BCUT2D eigenvalue weighted by atomic mass is 32.1. The van der Waals surface area contributed by atoms with Crippen molar-refractivity contribution in [1.29, 1.82) is 0 Å². The van der Waals surface area contributed by atoms with Gasteiger partial charge in [0.05, 0.1) is 13.2 Å². The first-order valence-electron chi connectivity index (χ1n) is 8.20. The van der Waals surface area contributed by atoms with E-state index in [0.717, 1.165) is 12.2 Å². The molecule has 24 heavy (non-hydrogen) atoms. The van der Waals surface area contributed by atoms with Crippen molar-refractivity contribution in [2.45, 2.75) is 18.4 Å². The van der Waals surface area contributed by atoms with Crippen LogP contribution in [-0.4, -0.2) is 38.6 Å². The molecule has 1 fully saturated rings. The summed E-state index contributed by atoms with van der Waals surface area (Å²) in [5.41, 5.74) is 2.45. The molecule has 1 aromatic heterocycles. The van der Waals surface area contributed by atoms with E-state index in [9.17, 15) is 4.79 Å². The quantitative estimate of drug-likeness (QED) is 0.838. The van der Waals surface area contributed by atoms with E-state index in [1.54, 1.807) is 18.4 Å². The average Bonchev–Trinajstić information content (AvgIpc) is 3.22. The molecule has 1 aromatic carbocycles. The van der Waals surface area contributed by atoms with E-state index in [4.69, 9.17) is 4.74 Å². The minimum Gasteiger partial charge on any atom is -0.497 e. The molecule has 128 valence electrons. The van der Waals surface area contributed by atoms with Gasteiger partial charge >= 0.3 is 0 Å². The Balaban J connectivity index is 1.56. The summed E-state index contributed by atoms with van der Waals surface area (Å²) in [6.07, 6.45) is 0.921. The number of amides is 1. The first-order valence-corrected chi connectivity index (χ1v) is 9.14. The number of methoxy groups -OCH3 is 1. The summed E-state index contributed by atoms with van der Waals surface area (Å²) in [6, 6.07) is 10.4. The Morgan fingerprint density at radius 3 is 2.92 bits per heavy atom. The van der Waals surface area contributed by atoms with Crippen molar-refractivity contribution < 1.29 is 9.53 Å². The predicted octanol–water partition coefficient (Wildman–Crippen LogP) is 3.28. The molecule has 1 aliphatic rings. The molecule has 0 radical (unpaired) electrons. The Hall–Kier alpha value is -1.85. The first-order chi connectivity index (χ1) is 11.6. The molecule has 0 bridgehead atoms. The molecule has 0 saturated heterocycles. The topological polar surface area (TPSA) is 41.6 Å². The Morgan fingerprint density at radius 1 is 1.42 bits per heavy atom. The Labute approximate surface area is 147 Å². The highest BCUT2D eigenvalue weighted by Gasteiger charge is 2.44. The second-order valence-corrected chi connectivity index (χ2v) is 7.29. The predicted molar refractivity (Wildman–Crippen MR) is 97.6 cm³/mol. The van der Waals surface area contributed by atoms with Gasteiger partial charge in [0.1, 0.15) is 5.75 Å². The Kier molecular flexibility index (Phi) is 5.21. The second kappa shape index (κ2) is 7.36. The SMILES string of the molecule is COc1cccc(C2CC2C(=O)NCC(c2ccsc2)N(C)C)c1. The van der Waals surface area contributed by atoms with Crippen LogP contribution < -0.4 is 10.1 Å². The maximum atomic E-state index is 12.5. The first kappa shape index (κ1) is 17.0. The molecular weight excluding hydrogens is 320 g/mol. The standard InChI is InChI=1S/C19H24N2O2S/c1-21(2)18(14-7-8-24-12-14)11-20-19(22)17-10-16(17)13-5-4-6-15(9-13)23-3/h4-9,12,16-18H,10-11H2,1-3H3,(H,20,22). The van der Waals surface area contributed by atoms with Crippen LogP contribution in [0.1, 0.15) is 29.5 Å². The molecule has 5 heteroatoms. The number of rotatable bonds is 7. The lowest BCUT2D eigenvalue weighted by Gasteiger charge is -2.24. The molecule has 0 spiro atoms. The number of nitrogens with zero attached hydrogens (tertiary/aromatic N) is 1. The monoisotopic (exact) mass is 344 g/mol. The highest BCUT2D eigenvalue weighted by molar-refractivity contribution is 7.07. The minimum absolute atomic E-state index is 0.0855. The van der Waals surface area contributed by atoms with Gasteiger partial charge in [-0.15, -0.1) is 0 Å². The zero-order chi connectivity index (χ0) is 17.1. The molecule has 1 N–H and O–H groups in total. The molecule has 3 unspecified atom stereocenters. The van der Waals surface area contributed by atoms with Crippen LogP contribution in [0.2, 0.25) is 0 Å². The highest BCUT2D eigenvalue weighted by Crippen LogP contribution is 2.48. The number of carbonyl (C=O) groups is 1. The van der Waals surface area contributed by atoms with E-state index in [0.29, 0.717) is 12.5 Å². The van der Waals surface area contributed by atoms with Gasteiger partial charge in [-0.2, -0.15) is 11.3 Å². The van der Waals surface area contributed by atoms with Gasteiger partial charge < -0.3 is 15.0 Å². The summed E-state index contributed by atoms with van der Waals surface area (Å²) < 4.78 is 5.27. The molecule has 4 nitrogen and oxygen atoms in total. The van der Waals surface area contributed by atoms with Crippen molar-refractivity contribution in [3.05, 3.63) is 52.2 Å². The second-order valence-electron chi connectivity index (χ2n) is 6.51. The lowest BCUT2D eigenvalue weighted by molar-refractivity contribution is -0.122. The average molecular weight is 344 g/mol. The van der Waals surface area contributed by atoms with E-state index in [2.05, 4.69) is 33.1 Å². The lowest BCUT2D eigenvalue weighted by Crippen LogP contribution is -2.35. The molecule has 0 aliphatic heterocycles. The minimum atomic E-state index is 0.0855. The van der Waals surface area contributed by atoms with Crippen molar-refractivity contribution in [1.82, 2.24) is 10.2 Å². The summed E-state index contributed by atoms with van der Waals surface area (Å²) in [5.74, 6) is 1.41. The normalized spacial score (nSPS) is 20.7. The maximum Gasteiger partial charge on any atom is 0.223 e. The van der Waals surface area contributed by atoms with Gasteiger partial charge in [0, 0.05) is 12.5 Å². The van der Waals surface area contributed by atoms with Gasteiger partial charge in [0.15, 0.2) is 0 Å². The third kappa shape index (κ3) is 3.79. The van der Waals surface area contributed by atoms with Crippen LogP contribution in [0, 0.1) is 5.92 Å². The van der Waals surface area contributed by atoms with Crippen molar-refractivity contribution in [3.63, 3.8) is 0 Å². The van der Waals surface area contributed by atoms with Gasteiger partial charge in [-0.05, 0) is 66.5 Å². The number of likely N-dealkylation sites (N-methyl/N-ethyl adjacent to an activating group) is 1. The summed E-state index contributed by atoms with van der Waals surface area (Å²) in [4.78, 5) is 14.6. The molecule has 1 saturated carbocycles. The third-order valence-corrected chi connectivity index (χ3v) is 5.37. The van der Waals surface area contributed by atoms with E-state index in [1.165, 1.54) is 11.1 Å². The number of nitrogens with one attached hydrogen (secondary N) is 1. The lowest BCUT2D eigenvalue weighted by atomic mass is 10.1. The fourth-order valence-electron chi connectivity index (χ4n) is 3.12. The summed E-state index contributed by atoms with van der Waals surface area (Å²) in [7, 11) is 5.76. The van der Waals surface area contributed by atoms with Crippen LogP contribution >= 0.6 is 11.3 Å². The number of hydrogen-bond donors (Lipinski definition) is 1. The molecule has 1 aliphatic carbocycles. The van der Waals surface area contributed by atoms with Crippen molar-refractivity contribution in [2.75, 3.05) is 27.7 Å². The molecule has 2 aromatic rings. The fraction of sp³-hybridized carbons (Fsp3) is 0.421. The Bertz CT molecular complexity index is 684. The van der Waals surface area contributed by atoms with Crippen LogP contribution in [0.4, 0.5) is 0 Å². The molecular formula is C19H24N2O2S. The summed E-state index contributed by atoms with van der Waals surface area (Å²) in [5, 5.41) is 7.36. The smallest absolute Gasteiger partial charge is 0.223 e. The summed E-state index contributed by atoms with van der Waals surface area (Å²) >= 11 is 1.69. The zero-order valence-electron chi connectivity index (χ0n) is 14.4. The number of carbonyl (C=O) groups excluding carboxylic acids is 1. The maximum absolute atomic E-state index is 12.5. The van der Waals surface area contributed by atoms with E-state index in [1.807, 2.05) is 32.3 Å². The fourth-order valence-corrected chi connectivity index (χ4v) is 3.82. The van der Waals surface area contributed by atoms with Crippen LogP contribution in [0.15, 0.2) is 41.1 Å². The van der Waals surface area contributed by atoms with Crippen molar-refractivity contribution in [2.24, 2.45) is 5.92 Å². The van der Waals surface area contributed by atoms with Crippen LogP contribution in [0.5, 0.6) is 5.75 Å². The van der Waals surface area contributed by atoms with Gasteiger partial charge in [-0.1, -0.05) is 12.1 Å². The van der Waals surface area contributed by atoms with Crippen LogP contribution in [-0.2, 0) is 4.79 Å². The number of ether oxygens (including phenoxy) is 1. The Morgan fingerprint density at radius 2 is 2.25 bits per heavy atom. The van der Waals surface area contributed by atoms with Gasteiger partial charge in [-0.25, -0.2) is 0 Å². The number of hydrogen-bond acceptors (Lipinski definition) is 4. The molecule has 1 amide bonds. The van der Waals surface area contributed by atoms with E-state index in [-0.39, 0.29) is 17.9 Å². The van der Waals surface area contributed by atoms with E-state index < -0.39 is 0 Å².